The van der Waals surface area contributed by atoms with Gasteiger partial charge in [-0.1, -0.05) is 38.7 Å². The lowest BCUT2D eigenvalue weighted by molar-refractivity contribution is -0.130. The van der Waals surface area contributed by atoms with Gasteiger partial charge in [0.2, 0.25) is 11.8 Å². The minimum atomic E-state index is 0.0172. The predicted octanol–water partition coefficient (Wildman–Crippen LogP) is 3.42. The second kappa shape index (κ2) is 12.2. The molecule has 1 fully saturated rings. The molecule has 1 aliphatic heterocycles. The highest BCUT2D eigenvalue weighted by atomic mass is 16.2. The number of amides is 2. The van der Waals surface area contributed by atoms with Crippen LogP contribution in [-0.4, -0.2) is 36.3 Å². The van der Waals surface area contributed by atoms with Gasteiger partial charge >= 0.3 is 0 Å². The van der Waals surface area contributed by atoms with Gasteiger partial charge in [-0.25, -0.2) is 0 Å². The monoisotopic (exact) mass is 308 g/mol. The van der Waals surface area contributed by atoms with Crippen LogP contribution in [0.5, 0.6) is 0 Å². The SMILES string of the molecule is CCC/C=C\C(=O)NCCCCCCN1CCCCCC1=O. The molecular formula is C18H32N2O2. The molecule has 2 amide bonds. The Morgan fingerprint density at radius 3 is 2.82 bits per heavy atom. The molecule has 0 aromatic carbocycles. The number of hydrogen-bond acceptors (Lipinski definition) is 2. The van der Waals surface area contributed by atoms with Gasteiger partial charge in [-0.05, 0) is 38.2 Å². The lowest BCUT2D eigenvalue weighted by atomic mass is 10.2. The van der Waals surface area contributed by atoms with Crippen LogP contribution in [-0.2, 0) is 9.59 Å². The van der Waals surface area contributed by atoms with Crippen LogP contribution in [0.25, 0.3) is 0 Å². The van der Waals surface area contributed by atoms with E-state index >= 15 is 0 Å². The first-order valence-corrected chi connectivity index (χ1v) is 8.96. The van der Waals surface area contributed by atoms with E-state index in [1.165, 1.54) is 6.42 Å². The summed E-state index contributed by atoms with van der Waals surface area (Å²) < 4.78 is 0. The number of carbonyl (C=O) groups is 2. The summed E-state index contributed by atoms with van der Waals surface area (Å²) >= 11 is 0. The van der Waals surface area contributed by atoms with Gasteiger partial charge in [0.05, 0.1) is 0 Å². The summed E-state index contributed by atoms with van der Waals surface area (Å²) in [6, 6.07) is 0. The fraction of sp³-hybridized carbons (Fsp3) is 0.778. The van der Waals surface area contributed by atoms with Crippen LogP contribution in [0.15, 0.2) is 12.2 Å². The Kier molecular flexibility index (Phi) is 10.4. The molecule has 0 unspecified atom stereocenters. The molecule has 1 rings (SSSR count). The maximum absolute atomic E-state index is 11.8. The van der Waals surface area contributed by atoms with E-state index in [0.29, 0.717) is 5.91 Å². The van der Waals surface area contributed by atoms with Gasteiger partial charge in [0.25, 0.3) is 0 Å². The van der Waals surface area contributed by atoms with Crippen LogP contribution in [0.4, 0.5) is 0 Å². The number of likely N-dealkylation sites (tertiary alicyclic amines) is 1. The molecule has 4 heteroatoms. The highest BCUT2D eigenvalue weighted by Gasteiger charge is 2.15. The van der Waals surface area contributed by atoms with Crippen LogP contribution < -0.4 is 5.32 Å². The number of hydrogen-bond donors (Lipinski definition) is 1. The topological polar surface area (TPSA) is 49.4 Å². The van der Waals surface area contributed by atoms with E-state index in [9.17, 15) is 9.59 Å². The van der Waals surface area contributed by atoms with Gasteiger partial charge in [-0.3, -0.25) is 9.59 Å². The highest BCUT2D eigenvalue weighted by molar-refractivity contribution is 5.87. The molecule has 0 radical (unpaired) electrons. The lowest BCUT2D eigenvalue weighted by Gasteiger charge is -2.20. The summed E-state index contributed by atoms with van der Waals surface area (Å²) in [6.07, 6.45) is 14.1. The van der Waals surface area contributed by atoms with Gasteiger partial charge in [0, 0.05) is 26.1 Å². The van der Waals surface area contributed by atoms with Gasteiger partial charge in [-0.2, -0.15) is 0 Å². The van der Waals surface area contributed by atoms with Crippen molar-refractivity contribution in [2.75, 3.05) is 19.6 Å². The quantitative estimate of drug-likeness (QED) is 0.496. The molecule has 0 atom stereocenters. The minimum Gasteiger partial charge on any atom is -0.353 e. The number of carbonyl (C=O) groups excluding carboxylic acids is 2. The Bertz CT molecular complexity index is 353. The van der Waals surface area contributed by atoms with E-state index in [1.54, 1.807) is 6.08 Å². The van der Waals surface area contributed by atoms with Crippen molar-refractivity contribution in [2.24, 2.45) is 0 Å². The van der Waals surface area contributed by atoms with Crippen molar-refractivity contribution >= 4 is 11.8 Å². The maximum atomic E-state index is 11.8. The summed E-state index contributed by atoms with van der Waals surface area (Å²) in [5.74, 6) is 0.354. The molecule has 0 aromatic heterocycles. The minimum absolute atomic E-state index is 0.0172. The van der Waals surface area contributed by atoms with Crippen LogP contribution in [0, 0.1) is 0 Å². The Balaban J connectivity index is 1.97. The number of nitrogens with zero attached hydrogens (tertiary/aromatic N) is 1. The Labute approximate surface area is 135 Å². The van der Waals surface area contributed by atoms with Crippen LogP contribution >= 0.6 is 0 Å². The molecule has 0 spiro atoms. The smallest absolute Gasteiger partial charge is 0.243 e. The normalized spacial score (nSPS) is 16.0. The third-order valence-electron chi connectivity index (χ3n) is 4.05. The molecule has 1 N–H and O–H groups in total. The maximum Gasteiger partial charge on any atom is 0.243 e. The lowest BCUT2D eigenvalue weighted by Crippen LogP contribution is -2.31. The zero-order valence-corrected chi connectivity index (χ0v) is 14.1. The van der Waals surface area contributed by atoms with Crippen molar-refractivity contribution in [2.45, 2.75) is 71.1 Å². The van der Waals surface area contributed by atoms with Crippen LogP contribution in [0.1, 0.15) is 71.1 Å². The zero-order chi connectivity index (χ0) is 16.0. The Hall–Kier alpha value is -1.32. The summed E-state index contributed by atoms with van der Waals surface area (Å²) in [5, 5.41) is 2.91. The standard InChI is InChI=1S/C18H32N2O2/c1-2-3-7-12-17(21)19-14-9-4-5-10-15-20-16-11-6-8-13-18(20)22/h7,12H,2-6,8-11,13-16H2,1H3,(H,19,21)/b12-7-. The molecule has 0 saturated carbocycles. The molecule has 22 heavy (non-hydrogen) atoms. The first kappa shape index (κ1) is 18.7. The largest absolute Gasteiger partial charge is 0.353 e. The van der Waals surface area contributed by atoms with Gasteiger partial charge in [-0.15, -0.1) is 0 Å². The van der Waals surface area contributed by atoms with Crippen LogP contribution in [0.3, 0.4) is 0 Å². The first-order valence-electron chi connectivity index (χ1n) is 8.96. The van der Waals surface area contributed by atoms with Crippen LogP contribution in [0.2, 0.25) is 0 Å². The molecule has 1 saturated heterocycles. The molecule has 0 bridgehead atoms. The van der Waals surface area contributed by atoms with Crippen molar-refractivity contribution < 1.29 is 9.59 Å². The summed E-state index contributed by atoms with van der Waals surface area (Å²) in [5.41, 5.74) is 0. The molecule has 126 valence electrons. The van der Waals surface area contributed by atoms with E-state index in [0.717, 1.165) is 77.4 Å². The molecule has 4 nitrogen and oxygen atoms in total. The molecule has 0 aliphatic carbocycles. The van der Waals surface area contributed by atoms with Crippen molar-refractivity contribution in [3.8, 4) is 0 Å². The third-order valence-corrected chi connectivity index (χ3v) is 4.05. The average Bonchev–Trinajstić information content (AvgIpc) is 2.71. The highest BCUT2D eigenvalue weighted by Crippen LogP contribution is 2.12. The number of nitrogens with one attached hydrogen (secondary N) is 1. The summed E-state index contributed by atoms with van der Waals surface area (Å²) in [6.45, 7) is 4.70. The number of rotatable bonds is 10. The Morgan fingerprint density at radius 2 is 2.00 bits per heavy atom. The predicted molar refractivity (Wildman–Crippen MR) is 90.6 cm³/mol. The molecule has 0 aromatic rings. The summed E-state index contributed by atoms with van der Waals surface area (Å²) in [4.78, 5) is 25.3. The van der Waals surface area contributed by atoms with E-state index in [-0.39, 0.29) is 5.91 Å². The van der Waals surface area contributed by atoms with Crippen molar-refractivity contribution in [1.29, 1.82) is 0 Å². The van der Waals surface area contributed by atoms with E-state index in [1.807, 2.05) is 11.0 Å². The van der Waals surface area contributed by atoms with Crippen molar-refractivity contribution in [1.82, 2.24) is 10.2 Å². The zero-order valence-electron chi connectivity index (χ0n) is 14.1. The van der Waals surface area contributed by atoms with Crippen molar-refractivity contribution in [3.05, 3.63) is 12.2 Å². The van der Waals surface area contributed by atoms with Gasteiger partial charge < -0.3 is 10.2 Å². The molecule has 1 aliphatic rings. The van der Waals surface area contributed by atoms with Gasteiger partial charge in [0.15, 0.2) is 0 Å². The second-order valence-corrected chi connectivity index (χ2v) is 6.09. The average molecular weight is 308 g/mol. The third kappa shape index (κ3) is 8.85. The van der Waals surface area contributed by atoms with E-state index in [4.69, 9.17) is 0 Å². The second-order valence-electron chi connectivity index (χ2n) is 6.09. The number of unbranched alkanes of at least 4 members (excludes halogenated alkanes) is 4. The number of allylic oxidation sites excluding steroid dienone is 1. The van der Waals surface area contributed by atoms with E-state index < -0.39 is 0 Å². The molecular weight excluding hydrogens is 276 g/mol. The van der Waals surface area contributed by atoms with Crippen molar-refractivity contribution in [3.63, 3.8) is 0 Å². The van der Waals surface area contributed by atoms with Gasteiger partial charge in [0.1, 0.15) is 0 Å². The first-order chi connectivity index (χ1) is 10.7. The van der Waals surface area contributed by atoms with E-state index in [2.05, 4.69) is 12.2 Å². The fourth-order valence-corrected chi connectivity index (χ4v) is 2.68. The Morgan fingerprint density at radius 1 is 1.18 bits per heavy atom. The summed E-state index contributed by atoms with van der Waals surface area (Å²) in [7, 11) is 0. The fourth-order valence-electron chi connectivity index (χ4n) is 2.68. The molecule has 1 heterocycles.